The van der Waals surface area contributed by atoms with E-state index < -0.39 is 0 Å². The molecule has 0 spiro atoms. The lowest BCUT2D eigenvalue weighted by atomic mass is 10.1. The first kappa shape index (κ1) is 19.3. The van der Waals surface area contributed by atoms with E-state index in [1.807, 2.05) is 29.8 Å². The predicted molar refractivity (Wildman–Crippen MR) is 108 cm³/mol. The zero-order valence-electron chi connectivity index (χ0n) is 15.0. The third-order valence-electron chi connectivity index (χ3n) is 3.90. The highest BCUT2D eigenvalue weighted by Gasteiger charge is 2.12. The van der Waals surface area contributed by atoms with Crippen molar-refractivity contribution in [2.45, 2.75) is 11.6 Å². The molecular weight excluding hydrogens is 384 g/mol. The molecule has 0 radical (unpaired) electrons. The number of carbonyl (C=O) groups is 1. The van der Waals surface area contributed by atoms with Crippen LogP contribution in [0.5, 0.6) is 5.75 Å². The van der Waals surface area contributed by atoms with Crippen molar-refractivity contribution in [3.05, 3.63) is 64.9 Å². The lowest BCUT2D eigenvalue weighted by Gasteiger charge is -2.08. The van der Waals surface area contributed by atoms with Crippen molar-refractivity contribution in [2.75, 3.05) is 18.2 Å². The highest BCUT2D eigenvalue weighted by atomic mass is 35.5. The maximum Gasteiger partial charge on any atom is 0.234 e. The van der Waals surface area contributed by atoms with Crippen LogP contribution in [0.25, 0.3) is 0 Å². The van der Waals surface area contributed by atoms with Crippen molar-refractivity contribution in [2.24, 2.45) is 7.05 Å². The minimum atomic E-state index is -0.145. The molecule has 1 heterocycles. The smallest absolute Gasteiger partial charge is 0.234 e. The number of hydrogen-bond donors (Lipinski definition) is 1. The second-order valence-corrected chi connectivity index (χ2v) is 7.16. The molecule has 0 bridgehead atoms. The fourth-order valence-electron chi connectivity index (χ4n) is 2.47. The molecule has 8 heteroatoms. The molecule has 2 aromatic carbocycles. The van der Waals surface area contributed by atoms with Crippen LogP contribution in [0.2, 0.25) is 5.02 Å². The Morgan fingerprint density at radius 2 is 2.00 bits per heavy atom. The number of hydrogen-bond acceptors (Lipinski definition) is 5. The van der Waals surface area contributed by atoms with Crippen molar-refractivity contribution in [1.82, 2.24) is 14.8 Å². The van der Waals surface area contributed by atoms with Crippen LogP contribution >= 0.6 is 23.4 Å². The van der Waals surface area contributed by atoms with Crippen LogP contribution in [-0.2, 0) is 18.3 Å². The first-order valence-corrected chi connectivity index (χ1v) is 9.61. The summed E-state index contributed by atoms with van der Waals surface area (Å²) in [6.45, 7) is 0. The van der Waals surface area contributed by atoms with E-state index in [1.54, 1.807) is 25.3 Å². The third kappa shape index (κ3) is 5.02. The highest BCUT2D eigenvalue weighted by Crippen LogP contribution is 2.27. The quantitative estimate of drug-likeness (QED) is 0.609. The molecule has 140 valence electrons. The largest absolute Gasteiger partial charge is 0.495 e. The summed E-state index contributed by atoms with van der Waals surface area (Å²) >= 11 is 7.41. The van der Waals surface area contributed by atoms with Crippen LogP contribution in [0.3, 0.4) is 0 Å². The van der Waals surface area contributed by atoms with Gasteiger partial charge in [0.2, 0.25) is 5.91 Å². The molecule has 3 aromatic rings. The number of ether oxygens (including phenoxy) is 1. The lowest BCUT2D eigenvalue weighted by Crippen LogP contribution is -2.14. The fraction of sp³-hybridized carbons (Fsp3) is 0.211. The van der Waals surface area contributed by atoms with Gasteiger partial charge in [-0.15, -0.1) is 10.2 Å². The average molecular weight is 403 g/mol. The summed E-state index contributed by atoms with van der Waals surface area (Å²) < 4.78 is 7.01. The molecule has 6 nitrogen and oxygen atoms in total. The molecule has 0 aliphatic heterocycles. The first-order valence-electron chi connectivity index (χ1n) is 8.25. The van der Waals surface area contributed by atoms with E-state index in [1.165, 1.54) is 17.3 Å². The molecule has 1 N–H and O–H groups in total. The number of amides is 1. The van der Waals surface area contributed by atoms with E-state index in [4.69, 9.17) is 16.3 Å². The average Bonchev–Trinajstić information content (AvgIpc) is 3.01. The number of anilines is 1. The molecule has 0 saturated carbocycles. The second kappa shape index (κ2) is 8.92. The van der Waals surface area contributed by atoms with Gasteiger partial charge in [0.1, 0.15) is 11.6 Å². The van der Waals surface area contributed by atoms with Crippen molar-refractivity contribution in [3.63, 3.8) is 0 Å². The molecular formula is C19H19ClN4O2S. The predicted octanol–water partition coefficient (Wildman–Crippen LogP) is 3.80. The van der Waals surface area contributed by atoms with E-state index in [0.29, 0.717) is 28.0 Å². The van der Waals surface area contributed by atoms with Gasteiger partial charge >= 0.3 is 0 Å². The lowest BCUT2D eigenvalue weighted by molar-refractivity contribution is -0.113. The van der Waals surface area contributed by atoms with Crippen LogP contribution in [0.15, 0.2) is 53.7 Å². The van der Waals surface area contributed by atoms with E-state index in [-0.39, 0.29) is 11.7 Å². The van der Waals surface area contributed by atoms with Gasteiger partial charge in [-0.1, -0.05) is 53.7 Å². The summed E-state index contributed by atoms with van der Waals surface area (Å²) in [6, 6.07) is 15.2. The van der Waals surface area contributed by atoms with Gasteiger partial charge in [0, 0.05) is 19.2 Å². The Bertz CT molecular complexity index is 931. The summed E-state index contributed by atoms with van der Waals surface area (Å²) in [7, 11) is 3.45. The van der Waals surface area contributed by atoms with Crippen LogP contribution < -0.4 is 10.1 Å². The van der Waals surface area contributed by atoms with Gasteiger partial charge in [0.05, 0.1) is 17.9 Å². The van der Waals surface area contributed by atoms with Gasteiger partial charge in [0.15, 0.2) is 5.16 Å². The SMILES string of the molecule is COc1ccc(NC(=O)CSc2nnc(Cc3ccccc3)n2C)cc1Cl. The second-order valence-electron chi connectivity index (χ2n) is 5.81. The molecule has 0 atom stereocenters. The van der Waals surface area contributed by atoms with Gasteiger partial charge in [0.25, 0.3) is 0 Å². The Labute approximate surface area is 166 Å². The molecule has 3 rings (SSSR count). The number of thioether (sulfide) groups is 1. The van der Waals surface area contributed by atoms with Gasteiger partial charge in [-0.2, -0.15) is 0 Å². The Balaban J connectivity index is 1.57. The van der Waals surface area contributed by atoms with Gasteiger partial charge in [-0.3, -0.25) is 4.79 Å². The topological polar surface area (TPSA) is 69.0 Å². The van der Waals surface area contributed by atoms with Gasteiger partial charge in [-0.05, 0) is 23.8 Å². The summed E-state index contributed by atoms with van der Waals surface area (Å²) in [6.07, 6.45) is 0.696. The molecule has 0 aliphatic carbocycles. The van der Waals surface area contributed by atoms with Crippen molar-refractivity contribution < 1.29 is 9.53 Å². The van der Waals surface area contributed by atoms with Crippen molar-refractivity contribution in [1.29, 1.82) is 0 Å². The Morgan fingerprint density at radius 1 is 1.22 bits per heavy atom. The zero-order valence-corrected chi connectivity index (χ0v) is 16.5. The molecule has 1 aromatic heterocycles. The summed E-state index contributed by atoms with van der Waals surface area (Å²) in [5, 5.41) is 12.4. The van der Waals surface area contributed by atoms with E-state index in [2.05, 4.69) is 27.6 Å². The van der Waals surface area contributed by atoms with Crippen LogP contribution in [0, 0.1) is 0 Å². The Hall–Kier alpha value is -2.51. The first-order chi connectivity index (χ1) is 13.1. The number of methoxy groups -OCH3 is 1. The highest BCUT2D eigenvalue weighted by molar-refractivity contribution is 7.99. The number of benzene rings is 2. The van der Waals surface area contributed by atoms with Crippen LogP contribution in [-0.4, -0.2) is 33.5 Å². The van der Waals surface area contributed by atoms with Crippen LogP contribution in [0.1, 0.15) is 11.4 Å². The maximum absolute atomic E-state index is 12.2. The van der Waals surface area contributed by atoms with Crippen molar-refractivity contribution in [3.8, 4) is 5.75 Å². The molecule has 1 amide bonds. The number of aromatic nitrogens is 3. The molecule has 0 aliphatic rings. The van der Waals surface area contributed by atoms with Gasteiger partial charge in [-0.25, -0.2) is 0 Å². The van der Waals surface area contributed by atoms with E-state index >= 15 is 0 Å². The minimum absolute atomic E-state index is 0.145. The number of nitrogens with one attached hydrogen (secondary N) is 1. The fourth-order valence-corrected chi connectivity index (χ4v) is 3.46. The maximum atomic E-state index is 12.2. The summed E-state index contributed by atoms with van der Waals surface area (Å²) in [5.41, 5.74) is 1.79. The minimum Gasteiger partial charge on any atom is -0.495 e. The molecule has 0 saturated heterocycles. The molecule has 0 fully saturated rings. The molecule has 0 unspecified atom stereocenters. The summed E-state index contributed by atoms with van der Waals surface area (Å²) in [5.74, 6) is 1.50. The van der Waals surface area contributed by atoms with Crippen molar-refractivity contribution >= 4 is 35.0 Å². The van der Waals surface area contributed by atoms with E-state index in [0.717, 1.165) is 5.82 Å². The summed E-state index contributed by atoms with van der Waals surface area (Å²) in [4.78, 5) is 12.2. The number of rotatable bonds is 7. The molecule has 27 heavy (non-hydrogen) atoms. The normalized spacial score (nSPS) is 10.6. The number of nitrogens with zero attached hydrogens (tertiary/aromatic N) is 3. The Morgan fingerprint density at radius 3 is 2.70 bits per heavy atom. The standard InChI is InChI=1S/C19H19ClN4O2S/c1-24-17(10-13-6-4-3-5-7-13)22-23-19(24)27-12-18(25)21-14-8-9-16(26-2)15(20)11-14/h3-9,11H,10,12H2,1-2H3,(H,21,25). The van der Waals surface area contributed by atoms with E-state index in [9.17, 15) is 4.79 Å². The monoisotopic (exact) mass is 402 g/mol. The zero-order chi connectivity index (χ0) is 19.2. The third-order valence-corrected chi connectivity index (χ3v) is 5.21. The number of carbonyl (C=O) groups excluding carboxylic acids is 1. The Kier molecular flexibility index (Phi) is 6.36. The van der Waals surface area contributed by atoms with Crippen LogP contribution in [0.4, 0.5) is 5.69 Å². The number of halogens is 1. The van der Waals surface area contributed by atoms with Gasteiger partial charge < -0.3 is 14.6 Å².